The second-order valence-electron chi connectivity index (χ2n) is 7.13. The van der Waals surface area contributed by atoms with E-state index in [4.69, 9.17) is 11.6 Å². The minimum Gasteiger partial charge on any atom is -0.354 e. The first-order valence-electron chi connectivity index (χ1n) is 9.25. The summed E-state index contributed by atoms with van der Waals surface area (Å²) in [5.74, 6) is 0. The summed E-state index contributed by atoms with van der Waals surface area (Å²) in [6.45, 7) is 0. The van der Waals surface area contributed by atoms with Gasteiger partial charge in [0.15, 0.2) is 0 Å². The van der Waals surface area contributed by atoms with Gasteiger partial charge in [0.2, 0.25) is 10.0 Å². The molecule has 3 aromatic rings. The van der Waals surface area contributed by atoms with Crippen LogP contribution < -0.4 is 0 Å². The molecular formula is C21H22ClN2O2S. The Morgan fingerprint density at radius 1 is 1.11 bits per heavy atom. The monoisotopic (exact) mass is 401 g/mol. The maximum Gasteiger partial charge on any atom is 0.244 e. The highest BCUT2D eigenvalue weighted by Gasteiger charge is 2.30. The van der Waals surface area contributed by atoms with Gasteiger partial charge in [0.05, 0.1) is 10.7 Å². The smallest absolute Gasteiger partial charge is 0.244 e. The van der Waals surface area contributed by atoms with Gasteiger partial charge in [0, 0.05) is 35.6 Å². The highest BCUT2D eigenvalue weighted by atomic mass is 35.5. The molecule has 1 saturated carbocycles. The van der Waals surface area contributed by atoms with E-state index in [1.807, 2.05) is 30.3 Å². The minimum absolute atomic E-state index is 0.0445. The highest BCUT2D eigenvalue weighted by Crippen LogP contribution is 2.33. The van der Waals surface area contributed by atoms with Crippen molar-refractivity contribution in [2.75, 3.05) is 7.05 Å². The number of para-hydroxylation sites is 1. The highest BCUT2D eigenvalue weighted by molar-refractivity contribution is 7.89. The molecule has 0 saturated heterocycles. The summed E-state index contributed by atoms with van der Waals surface area (Å²) < 4.78 is 28.0. The molecule has 6 heteroatoms. The van der Waals surface area contributed by atoms with E-state index in [0.717, 1.165) is 47.8 Å². The summed E-state index contributed by atoms with van der Waals surface area (Å²) in [5.41, 5.74) is 2.47. The molecule has 1 fully saturated rings. The Labute approximate surface area is 165 Å². The molecule has 4 nitrogen and oxygen atoms in total. The fourth-order valence-corrected chi connectivity index (χ4v) is 5.71. The Balaban J connectivity index is 1.73. The molecule has 1 aromatic heterocycles. The molecule has 1 aliphatic rings. The lowest BCUT2D eigenvalue weighted by atomic mass is 9.96. The van der Waals surface area contributed by atoms with Gasteiger partial charge in [-0.2, -0.15) is 4.31 Å². The molecule has 1 aliphatic carbocycles. The Hall–Kier alpha value is -1.82. The summed E-state index contributed by atoms with van der Waals surface area (Å²) in [4.78, 5) is 3.45. The van der Waals surface area contributed by atoms with E-state index in [1.165, 1.54) is 10.7 Å². The molecular weight excluding hydrogens is 380 g/mol. The van der Waals surface area contributed by atoms with Gasteiger partial charge in [0.25, 0.3) is 0 Å². The van der Waals surface area contributed by atoms with Crippen LogP contribution in [0.3, 0.4) is 0 Å². The van der Waals surface area contributed by atoms with E-state index in [1.54, 1.807) is 19.2 Å². The molecule has 0 bridgehead atoms. The zero-order chi connectivity index (χ0) is 19.0. The number of halogens is 1. The van der Waals surface area contributed by atoms with Gasteiger partial charge >= 0.3 is 0 Å². The van der Waals surface area contributed by atoms with Gasteiger partial charge in [-0.1, -0.05) is 55.1 Å². The molecule has 0 aliphatic heterocycles. The van der Waals surface area contributed by atoms with Gasteiger partial charge in [-0.3, -0.25) is 0 Å². The van der Waals surface area contributed by atoms with Crippen LogP contribution in [-0.2, 0) is 10.0 Å². The molecule has 141 valence electrons. The van der Waals surface area contributed by atoms with Gasteiger partial charge in [-0.05, 0) is 31.0 Å². The summed E-state index contributed by atoms with van der Waals surface area (Å²) in [7, 11) is -1.99. The third kappa shape index (κ3) is 3.51. The quantitative estimate of drug-likeness (QED) is 0.649. The van der Waals surface area contributed by atoms with Gasteiger partial charge in [0.1, 0.15) is 4.90 Å². The number of benzene rings is 2. The molecule has 0 spiro atoms. The lowest BCUT2D eigenvalue weighted by molar-refractivity contribution is 0.286. The minimum atomic E-state index is -3.66. The van der Waals surface area contributed by atoms with Crippen LogP contribution in [0.25, 0.3) is 22.2 Å². The van der Waals surface area contributed by atoms with Gasteiger partial charge < -0.3 is 4.98 Å². The summed E-state index contributed by atoms with van der Waals surface area (Å²) >= 11 is 6.30. The molecule has 0 unspecified atom stereocenters. The molecule has 0 amide bonds. The number of H-pyrrole nitrogens is 1. The van der Waals surface area contributed by atoms with Crippen molar-refractivity contribution in [2.24, 2.45) is 0 Å². The van der Waals surface area contributed by atoms with E-state index >= 15 is 0 Å². The van der Waals surface area contributed by atoms with Crippen LogP contribution in [0.1, 0.15) is 32.1 Å². The average molecular weight is 402 g/mol. The first-order valence-corrected chi connectivity index (χ1v) is 11.1. The molecule has 27 heavy (non-hydrogen) atoms. The molecule has 1 radical (unpaired) electrons. The molecule has 1 N–H and O–H groups in total. The van der Waals surface area contributed by atoms with E-state index in [0.29, 0.717) is 0 Å². The largest absolute Gasteiger partial charge is 0.354 e. The number of nitrogens with zero attached hydrogens (tertiary/aromatic N) is 1. The summed E-state index contributed by atoms with van der Waals surface area (Å²) in [5, 5.41) is 1.21. The lowest BCUT2D eigenvalue weighted by Gasteiger charge is -2.30. The van der Waals surface area contributed by atoms with Crippen LogP contribution in [0, 0.1) is 6.07 Å². The van der Waals surface area contributed by atoms with Crippen LogP contribution in [0.4, 0.5) is 0 Å². The topological polar surface area (TPSA) is 53.2 Å². The first kappa shape index (κ1) is 18.5. The number of aromatic amines is 1. The second-order valence-corrected chi connectivity index (χ2v) is 9.50. The number of fused-ring (bicyclic) bond motifs is 1. The number of hydrogen-bond donors (Lipinski definition) is 1. The molecule has 0 atom stereocenters. The van der Waals surface area contributed by atoms with E-state index in [9.17, 15) is 8.42 Å². The van der Waals surface area contributed by atoms with Crippen molar-refractivity contribution in [1.82, 2.24) is 9.29 Å². The fraction of sp³-hybridized carbons (Fsp3) is 0.333. The second kappa shape index (κ2) is 7.30. The first-order chi connectivity index (χ1) is 13.0. The molecule has 2 aromatic carbocycles. The summed E-state index contributed by atoms with van der Waals surface area (Å²) in [6, 6.07) is 16.3. The van der Waals surface area contributed by atoms with E-state index in [-0.39, 0.29) is 16.0 Å². The van der Waals surface area contributed by atoms with Crippen molar-refractivity contribution in [3.63, 3.8) is 0 Å². The van der Waals surface area contributed by atoms with Crippen LogP contribution in [0.5, 0.6) is 0 Å². The van der Waals surface area contributed by atoms with Crippen molar-refractivity contribution < 1.29 is 8.42 Å². The number of sulfonamides is 1. The van der Waals surface area contributed by atoms with Gasteiger partial charge in [-0.15, -0.1) is 0 Å². The Morgan fingerprint density at radius 2 is 1.85 bits per heavy atom. The number of aromatic nitrogens is 1. The van der Waals surface area contributed by atoms with Crippen molar-refractivity contribution in [2.45, 2.75) is 43.0 Å². The van der Waals surface area contributed by atoms with Crippen molar-refractivity contribution >= 4 is 32.5 Å². The molecule has 4 rings (SSSR count). The lowest BCUT2D eigenvalue weighted by Crippen LogP contribution is -2.38. The standard InChI is InChI=1S/C21H22ClN2O2S/c1-24(17-8-3-2-4-9-17)27(25,26)21-14-16(11-12-18(21)22)20-13-15-7-5-6-10-19(15)23-20/h5-7,10-12,14,17,23H,2-4,8-9H2,1H3. The SMILES string of the molecule is CN(C1CCCCC1)S(=O)(=O)c1cc(-c2[c]c3ccccc3[nH]2)ccc1Cl. The van der Waals surface area contributed by atoms with Crippen molar-refractivity contribution in [3.8, 4) is 11.3 Å². The average Bonchev–Trinajstić information content (AvgIpc) is 3.12. The number of hydrogen-bond acceptors (Lipinski definition) is 2. The van der Waals surface area contributed by atoms with E-state index in [2.05, 4.69) is 11.1 Å². The zero-order valence-corrected chi connectivity index (χ0v) is 16.8. The number of rotatable bonds is 4. The maximum absolute atomic E-state index is 13.2. The Bertz CT molecular complexity index is 1040. The van der Waals surface area contributed by atoms with Crippen molar-refractivity contribution in [1.29, 1.82) is 0 Å². The van der Waals surface area contributed by atoms with Crippen LogP contribution in [0.2, 0.25) is 5.02 Å². The van der Waals surface area contributed by atoms with Crippen LogP contribution in [0.15, 0.2) is 47.4 Å². The Kier molecular flexibility index (Phi) is 5.01. The van der Waals surface area contributed by atoms with E-state index < -0.39 is 10.0 Å². The van der Waals surface area contributed by atoms with Crippen LogP contribution >= 0.6 is 11.6 Å². The predicted molar refractivity (Wildman–Crippen MR) is 109 cm³/mol. The Morgan fingerprint density at radius 3 is 2.59 bits per heavy atom. The van der Waals surface area contributed by atoms with Gasteiger partial charge in [-0.25, -0.2) is 8.42 Å². The zero-order valence-electron chi connectivity index (χ0n) is 15.2. The normalized spacial score (nSPS) is 16.3. The summed E-state index contributed by atoms with van der Waals surface area (Å²) in [6.07, 6.45) is 5.13. The fourth-order valence-electron chi connectivity index (χ4n) is 3.80. The third-order valence-corrected chi connectivity index (χ3v) is 7.80. The predicted octanol–water partition coefficient (Wildman–Crippen LogP) is 5.24. The number of nitrogens with one attached hydrogen (secondary N) is 1. The van der Waals surface area contributed by atoms with Crippen LogP contribution in [-0.4, -0.2) is 30.8 Å². The molecule has 1 heterocycles. The van der Waals surface area contributed by atoms with Crippen molar-refractivity contribution in [3.05, 3.63) is 53.6 Å². The third-order valence-electron chi connectivity index (χ3n) is 5.41. The maximum atomic E-state index is 13.2.